The first-order valence-electron chi connectivity index (χ1n) is 6.26. The van der Waals surface area contributed by atoms with Crippen LogP contribution in [0.2, 0.25) is 0 Å². The summed E-state index contributed by atoms with van der Waals surface area (Å²) in [5.41, 5.74) is 1.05. The molecule has 0 aromatic carbocycles. The molecule has 96 valence electrons. The molecule has 0 aliphatic rings. The summed E-state index contributed by atoms with van der Waals surface area (Å²) in [5.74, 6) is 2.02. The molecule has 1 aromatic heterocycles. The number of aryl methyl sites for hydroxylation is 1. The van der Waals surface area contributed by atoms with Gasteiger partial charge in [-0.05, 0) is 19.3 Å². The zero-order valence-electron chi connectivity index (χ0n) is 11.4. The van der Waals surface area contributed by atoms with Crippen LogP contribution in [0, 0.1) is 5.92 Å². The van der Waals surface area contributed by atoms with Crippen molar-refractivity contribution >= 4 is 5.82 Å². The maximum absolute atomic E-state index is 5.48. The van der Waals surface area contributed by atoms with Gasteiger partial charge < -0.3 is 10.1 Å². The first-order valence-corrected chi connectivity index (χ1v) is 6.26. The number of methoxy groups -OCH3 is 1. The Labute approximate surface area is 104 Å². The molecule has 17 heavy (non-hydrogen) atoms. The van der Waals surface area contributed by atoms with Crippen LogP contribution in [0.1, 0.15) is 45.3 Å². The fourth-order valence-corrected chi connectivity index (χ4v) is 1.77. The number of hydrogen-bond acceptors (Lipinski definition) is 4. The van der Waals surface area contributed by atoms with Gasteiger partial charge in [0.15, 0.2) is 5.82 Å². The largest absolute Gasteiger partial charge is 0.373 e. The smallest absolute Gasteiger partial charge is 0.159 e. The third-order valence-electron chi connectivity index (χ3n) is 2.63. The van der Waals surface area contributed by atoms with Crippen molar-refractivity contribution in [3.63, 3.8) is 0 Å². The quantitative estimate of drug-likeness (QED) is 0.826. The minimum Gasteiger partial charge on any atom is -0.373 e. The Balaban J connectivity index is 3.08. The van der Waals surface area contributed by atoms with E-state index in [0.29, 0.717) is 5.92 Å². The summed E-state index contributed by atoms with van der Waals surface area (Å²) >= 11 is 0. The van der Waals surface area contributed by atoms with Crippen LogP contribution in [0.25, 0.3) is 0 Å². The van der Waals surface area contributed by atoms with Gasteiger partial charge in [0.05, 0.1) is 0 Å². The Morgan fingerprint density at radius 3 is 2.47 bits per heavy atom. The van der Waals surface area contributed by atoms with E-state index in [0.717, 1.165) is 30.3 Å². The Hall–Kier alpha value is -1.16. The molecule has 0 saturated heterocycles. The molecular weight excluding hydrogens is 214 g/mol. The molecule has 1 aromatic rings. The zero-order valence-corrected chi connectivity index (χ0v) is 11.4. The van der Waals surface area contributed by atoms with E-state index in [1.807, 2.05) is 6.07 Å². The highest BCUT2D eigenvalue weighted by atomic mass is 16.5. The Bertz CT molecular complexity index is 353. The van der Waals surface area contributed by atoms with Crippen molar-refractivity contribution in [3.8, 4) is 0 Å². The highest BCUT2D eigenvalue weighted by Crippen LogP contribution is 2.23. The first kappa shape index (κ1) is 13.9. The highest BCUT2D eigenvalue weighted by molar-refractivity contribution is 5.36. The molecule has 0 amide bonds. The molecule has 0 fully saturated rings. The maximum Gasteiger partial charge on any atom is 0.159 e. The van der Waals surface area contributed by atoms with Crippen LogP contribution in [0.15, 0.2) is 6.07 Å². The van der Waals surface area contributed by atoms with Crippen LogP contribution >= 0.6 is 0 Å². The van der Waals surface area contributed by atoms with Gasteiger partial charge in [0.25, 0.3) is 0 Å². The van der Waals surface area contributed by atoms with Crippen molar-refractivity contribution in [3.05, 3.63) is 17.6 Å². The fourth-order valence-electron chi connectivity index (χ4n) is 1.77. The van der Waals surface area contributed by atoms with Gasteiger partial charge in [0, 0.05) is 25.4 Å². The summed E-state index contributed by atoms with van der Waals surface area (Å²) in [6.45, 7) is 9.24. The predicted octanol–water partition coefficient (Wildman–Crippen LogP) is 2.81. The predicted molar refractivity (Wildman–Crippen MR) is 70.2 cm³/mol. The number of hydrogen-bond donors (Lipinski definition) is 1. The molecule has 0 aliphatic heterocycles. The Kier molecular flexibility index (Phi) is 5.35. The average Bonchev–Trinajstić information content (AvgIpc) is 2.29. The summed E-state index contributed by atoms with van der Waals surface area (Å²) in [6, 6.07) is 2.00. The Morgan fingerprint density at radius 1 is 1.29 bits per heavy atom. The van der Waals surface area contributed by atoms with Crippen LogP contribution < -0.4 is 5.32 Å². The van der Waals surface area contributed by atoms with E-state index in [1.54, 1.807) is 7.11 Å². The number of aromatic nitrogens is 2. The molecule has 1 heterocycles. The van der Waals surface area contributed by atoms with Crippen LogP contribution in [-0.2, 0) is 11.2 Å². The van der Waals surface area contributed by atoms with Crippen LogP contribution in [-0.4, -0.2) is 23.6 Å². The van der Waals surface area contributed by atoms with Crippen molar-refractivity contribution in [1.82, 2.24) is 9.97 Å². The fraction of sp³-hybridized carbons (Fsp3) is 0.692. The molecule has 1 unspecified atom stereocenters. The lowest BCUT2D eigenvalue weighted by Crippen LogP contribution is -2.15. The summed E-state index contributed by atoms with van der Waals surface area (Å²) in [7, 11) is 1.71. The standard InChI is InChI=1S/C13H23N3O/c1-6-10-8-11(14-7-2)16-13(15-10)12(17-5)9(3)4/h8-9,12H,6-7H2,1-5H3,(H,14,15,16). The van der Waals surface area contributed by atoms with Crippen LogP contribution in [0.4, 0.5) is 5.82 Å². The third-order valence-corrected chi connectivity index (χ3v) is 2.63. The third kappa shape index (κ3) is 3.66. The van der Waals surface area contributed by atoms with Gasteiger partial charge >= 0.3 is 0 Å². The number of nitrogens with one attached hydrogen (secondary N) is 1. The lowest BCUT2D eigenvalue weighted by atomic mass is 10.1. The van der Waals surface area contributed by atoms with Crippen LogP contribution in [0.3, 0.4) is 0 Å². The number of ether oxygens (including phenoxy) is 1. The normalized spacial score (nSPS) is 12.8. The lowest BCUT2D eigenvalue weighted by Gasteiger charge is -2.19. The van der Waals surface area contributed by atoms with Crippen molar-refractivity contribution < 1.29 is 4.74 Å². The second kappa shape index (κ2) is 6.55. The molecule has 0 saturated carbocycles. The first-order chi connectivity index (χ1) is 8.12. The van der Waals surface area contributed by atoms with E-state index in [2.05, 4.69) is 43.0 Å². The van der Waals surface area contributed by atoms with Gasteiger partial charge in [-0.15, -0.1) is 0 Å². The SMILES string of the molecule is CCNc1cc(CC)nc(C(OC)C(C)C)n1. The minimum atomic E-state index is -0.0427. The van der Waals surface area contributed by atoms with Crippen molar-refractivity contribution in [1.29, 1.82) is 0 Å². The molecule has 0 spiro atoms. The molecule has 1 atom stereocenters. The van der Waals surface area contributed by atoms with Gasteiger partial charge in [0.1, 0.15) is 11.9 Å². The summed E-state index contributed by atoms with van der Waals surface area (Å²) in [5, 5.41) is 3.23. The van der Waals surface area contributed by atoms with E-state index in [-0.39, 0.29) is 6.10 Å². The van der Waals surface area contributed by atoms with E-state index in [1.165, 1.54) is 0 Å². The molecule has 4 nitrogen and oxygen atoms in total. The van der Waals surface area contributed by atoms with E-state index in [9.17, 15) is 0 Å². The van der Waals surface area contributed by atoms with Gasteiger partial charge in [-0.2, -0.15) is 0 Å². The van der Waals surface area contributed by atoms with E-state index >= 15 is 0 Å². The molecule has 1 rings (SSSR count). The highest BCUT2D eigenvalue weighted by Gasteiger charge is 2.19. The zero-order chi connectivity index (χ0) is 12.8. The van der Waals surface area contributed by atoms with E-state index < -0.39 is 0 Å². The van der Waals surface area contributed by atoms with Crippen molar-refractivity contribution in [2.24, 2.45) is 5.92 Å². The van der Waals surface area contributed by atoms with Crippen molar-refractivity contribution in [2.75, 3.05) is 19.0 Å². The van der Waals surface area contributed by atoms with Gasteiger partial charge in [-0.3, -0.25) is 0 Å². The topological polar surface area (TPSA) is 47.0 Å². The van der Waals surface area contributed by atoms with Crippen molar-refractivity contribution in [2.45, 2.75) is 40.2 Å². The molecule has 1 N–H and O–H groups in total. The molecule has 4 heteroatoms. The molecule has 0 bridgehead atoms. The van der Waals surface area contributed by atoms with Gasteiger partial charge in [-0.25, -0.2) is 9.97 Å². The molecular formula is C13H23N3O. The molecule has 0 aliphatic carbocycles. The second-order valence-corrected chi connectivity index (χ2v) is 4.39. The summed E-state index contributed by atoms with van der Waals surface area (Å²) in [6.07, 6.45) is 0.863. The number of nitrogens with zero attached hydrogens (tertiary/aromatic N) is 2. The van der Waals surface area contributed by atoms with E-state index in [4.69, 9.17) is 4.74 Å². The second-order valence-electron chi connectivity index (χ2n) is 4.39. The maximum atomic E-state index is 5.48. The number of anilines is 1. The van der Waals surface area contributed by atoms with Gasteiger partial charge in [-0.1, -0.05) is 20.8 Å². The average molecular weight is 237 g/mol. The van der Waals surface area contributed by atoms with Crippen LogP contribution in [0.5, 0.6) is 0 Å². The summed E-state index contributed by atoms with van der Waals surface area (Å²) in [4.78, 5) is 9.07. The molecule has 0 radical (unpaired) electrons. The Morgan fingerprint density at radius 2 is 2.00 bits per heavy atom. The number of rotatable bonds is 6. The minimum absolute atomic E-state index is 0.0427. The monoisotopic (exact) mass is 237 g/mol. The summed E-state index contributed by atoms with van der Waals surface area (Å²) < 4.78 is 5.48. The van der Waals surface area contributed by atoms with Gasteiger partial charge in [0.2, 0.25) is 0 Å². The lowest BCUT2D eigenvalue weighted by molar-refractivity contribution is 0.0574.